The Morgan fingerprint density at radius 3 is 2.73 bits per heavy atom. The Kier molecular flexibility index (Phi) is 2.00. The van der Waals surface area contributed by atoms with Gasteiger partial charge in [-0.05, 0) is 0 Å². The molecule has 11 heavy (non-hydrogen) atoms. The Balaban J connectivity index is 2.62. The summed E-state index contributed by atoms with van der Waals surface area (Å²) in [5.41, 5.74) is 4.75. The van der Waals surface area contributed by atoms with Crippen LogP contribution in [-0.4, -0.2) is 23.9 Å². The number of Topliss-reactive ketones (excluding diaryl/α,β-unsaturated/α-hetero) is 1. The number of carbonyl (C=O) groups excluding carboxylic acids is 2. The van der Waals surface area contributed by atoms with Crippen LogP contribution in [0.4, 0.5) is 0 Å². The molecule has 0 bridgehead atoms. The molecule has 5 nitrogen and oxygen atoms in total. The largest absolute Gasteiger partial charge is 0.375 e. The van der Waals surface area contributed by atoms with E-state index in [9.17, 15) is 9.59 Å². The van der Waals surface area contributed by atoms with E-state index in [0.717, 1.165) is 0 Å². The standard InChI is InChI=1S/C6H7N3O2/c7-6(11)5(10)4-3-8-1-2-9-4/h1-4,9H,(H2,7,11). The summed E-state index contributed by atoms with van der Waals surface area (Å²) in [6.07, 6.45) is 4.28. The number of nitrogens with zero attached hydrogens (tertiary/aromatic N) is 1. The van der Waals surface area contributed by atoms with Gasteiger partial charge in [0.05, 0.1) is 0 Å². The second-order valence-corrected chi connectivity index (χ2v) is 1.99. The lowest BCUT2D eigenvalue weighted by molar-refractivity contribution is -0.136. The van der Waals surface area contributed by atoms with Crippen LogP contribution in [0.15, 0.2) is 17.4 Å². The van der Waals surface area contributed by atoms with Crippen LogP contribution in [-0.2, 0) is 9.59 Å². The van der Waals surface area contributed by atoms with E-state index in [4.69, 9.17) is 5.73 Å². The Morgan fingerprint density at radius 2 is 2.27 bits per heavy atom. The quantitative estimate of drug-likeness (QED) is 0.476. The molecule has 1 aliphatic heterocycles. The van der Waals surface area contributed by atoms with Crippen LogP contribution in [0.5, 0.6) is 0 Å². The Hall–Kier alpha value is -1.65. The molecular formula is C6H7N3O2. The monoisotopic (exact) mass is 153 g/mol. The molecule has 0 fully saturated rings. The van der Waals surface area contributed by atoms with Gasteiger partial charge < -0.3 is 11.1 Å². The first-order valence-corrected chi connectivity index (χ1v) is 3.00. The van der Waals surface area contributed by atoms with Crippen molar-refractivity contribution in [3.63, 3.8) is 0 Å². The summed E-state index contributed by atoms with van der Waals surface area (Å²) in [5, 5.41) is 2.62. The number of aliphatic imine (C=N–C) groups is 1. The second kappa shape index (κ2) is 2.96. The summed E-state index contributed by atoms with van der Waals surface area (Å²) >= 11 is 0. The fourth-order valence-electron chi connectivity index (χ4n) is 0.665. The fourth-order valence-corrected chi connectivity index (χ4v) is 0.665. The molecule has 0 aromatic carbocycles. The number of amides is 1. The zero-order valence-electron chi connectivity index (χ0n) is 5.65. The average molecular weight is 153 g/mol. The number of rotatable bonds is 2. The van der Waals surface area contributed by atoms with E-state index in [1.807, 2.05) is 0 Å². The van der Waals surface area contributed by atoms with Gasteiger partial charge in [0, 0.05) is 18.6 Å². The normalized spacial score (nSPS) is 20.9. The van der Waals surface area contributed by atoms with E-state index < -0.39 is 17.7 Å². The molecule has 0 aliphatic carbocycles. The van der Waals surface area contributed by atoms with Crippen LogP contribution in [0.3, 0.4) is 0 Å². The third kappa shape index (κ3) is 1.64. The van der Waals surface area contributed by atoms with Crippen molar-refractivity contribution in [2.45, 2.75) is 6.04 Å². The Bertz CT molecular complexity index is 244. The lowest BCUT2D eigenvalue weighted by Gasteiger charge is -2.10. The van der Waals surface area contributed by atoms with E-state index in [2.05, 4.69) is 10.3 Å². The van der Waals surface area contributed by atoms with Crippen molar-refractivity contribution >= 4 is 17.9 Å². The molecule has 0 radical (unpaired) electrons. The number of ketones is 1. The number of nitrogens with one attached hydrogen (secondary N) is 1. The number of primary amides is 1. The summed E-state index contributed by atoms with van der Waals surface area (Å²) < 4.78 is 0. The van der Waals surface area contributed by atoms with E-state index in [0.29, 0.717) is 0 Å². The Morgan fingerprint density at radius 1 is 1.55 bits per heavy atom. The lowest BCUT2D eigenvalue weighted by atomic mass is 10.2. The van der Waals surface area contributed by atoms with Gasteiger partial charge in [-0.25, -0.2) is 0 Å². The smallest absolute Gasteiger partial charge is 0.287 e. The molecule has 1 aliphatic rings. The molecule has 0 aromatic rings. The molecule has 58 valence electrons. The summed E-state index contributed by atoms with van der Waals surface area (Å²) in [5.74, 6) is -1.64. The molecule has 0 spiro atoms. The molecule has 3 N–H and O–H groups in total. The van der Waals surface area contributed by atoms with Crippen molar-refractivity contribution in [2.75, 3.05) is 0 Å². The molecule has 0 aromatic heterocycles. The van der Waals surface area contributed by atoms with E-state index in [1.54, 1.807) is 0 Å². The summed E-state index contributed by atoms with van der Waals surface area (Å²) in [6, 6.07) is -0.697. The molecule has 0 saturated heterocycles. The molecule has 5 heteroatoms. The molecule has 0 saturated carbocycles. The topological polar surface area (TPSA) is 84.6 Å². The minimum atomic E-state index is -0.954. The highest BCUT2D eigenvalue weighted by molar-refractivity contribution is 6.40. The predicted octanol–water partition coefficient (Wildman–Crippen LogP) is -1.45. The first-order valence-electron chi connectivity index (χ1n) is 3.00. The summed E-state index contributed by atoms with van der Waals surface area (Å²) in [7, 11) is 0. The van der Waals surface area contributed by atoms with Gasteiger partial charge >= 0.3 is 0 Å². The Labute approximate surface area is 63.0 Å². The van der Waals surface area contributed by atoms with Crippen molar-refractivity contribution in [2.24, 2.45) is 10.7 Å². The van der Waals surface area contributed by atoms with Crippen molar-refractivity contribution in [3.05, 3.63) is 12.4 Å². The molecule has 1 amide bonds. The third-order valence-electron chi connectivity index (χ3n) is 1.20. The van der Waals surface area contributed by atoms with Gasteiger partial charge in [-0.15, -0.1) is 0 Å². The van der Waals surface area contributed by atoms with Crippen LogP contribution in [0.2, 0.25) is 0 Å². The maximum atomic E-state index is 10.8. The highest BCUT2D eigenvalue weighted by Gasteiger charge is 2.20. The van der Waals surface area contributed by atoms with Gasteiger partial charge in [-0.3, -0.25) is 14.6 Å². The van der Waals surface area contributed by atoms with E-state index in [-0.39, 0.29) is 0 Å². The van der Waals surface area contributed by atoms with Crippen LogP contribution < -0.4 is 11.1 Å². The first kappa shape index (κ1) is 7.46. The molecular weight excluding hydrogens is 146 g/mol. The first-order chi connectivity index (χ1) is 5.22. The summed E-state index contributed by atoms with van der Waals surface area (Å²) in [4.78, 5) is 24.8. The molecule has 1 unspecified atom stereocenters. The summed E-state index contributed by atoms with van der Waals surface area (Å²) in [6.45, 7) is 0. The van der Waals surface area contributed by atoms with Crippen LogP contribution in [0.25, 0.3) is 0 Å². The fraction of sp³-hybridized carbons (Fsp3) is 0.167. The molecule has 1 rings (SSSR count). The van der Waals surface area contributed by atoms with Gasteiger partial charge in [-0.1, -0.05) is 0 Å². The van der Waals surface area contributed by atoms with Crippen molar-refractivity contribution in [1.29, 1.82) is 0 Å². The predicted molar refractivity (Wildman–Crippen MR) is 38.8 cm³/mol. The third-order valence-corrected chi connectivity index (χ3v) is 1.20. The van der Waals surface area contributed by atoms with Crippen molar-refractivity contribution < 1.29 is 9.59 Å². The number of hydrogen-bond donors (Lipinski definition) is 2. The highest BCUT2D eigenvalue weighted by Crippen LogP contribution is 1.89. The number of carbonyl (C=O) groups is 2. The number of nitrogens with two attached hydrogens (primary N) is 1. The van der Waals surface area contributed by atoms with Crippen molar-refractivity contribution in [3.8, 4) is 0 Å². The molecule has 1 heterocycles. The van der Waals surface area contributed by atoms with Gasteiger partial charge in [0.1, 0.15) is 6.04 Å². The second-order valence-electron chi connectivity index (χ2n) is 1.99. The molecule has 1 atom stereocenters. The highest BCUT2D eigenvalue weighted by atomic mass is 16.2. The number of hydrogen-bond acceptors (Lipinski definition) is 4. The van der Waals surface area contributed by atoms with Crippen molar-refractivity contribution in [1.82, 2.24) is 5.32 Å². The van der Waals surface area contributed by atoms with E-state index >= 15 is 0 Å². The van der Waals surface area contributed by atoms with Gasteiger partial charge in [-0.2, -0.15) is 0 Å². The van der Waals surface area contributed by atoms with Crippen LogP contribution in [0, 0.1) is 0 Å². The zero-order valence-corrected chi connectivity index (χ0v) is 5.65. The SMILES string of the molecule is NC(=O)C(=O)C1C=NC=CN1. The van der Waals surface area contributed by atoms with Gasteiger partial charge in [0.25, 0.3) is 5.91 Å². The lowest BCUT2D eigenvalue weighted by Crippen LogP contribution is -2.43. The maximum Gasteiger partial charge on any atom is 0.287 e. The van der Waals surface area contributed by atoms with Crippen LogP contribution in [0.1, 0.15) is 0 Å². The average Bonchev–Trinajstić information content (AvgIpc) is 2.05. The minimum absolute atomic E-state index is 0.682. The van der Waals surface area contributed by atoms with E-state index in [1.165, 1.54) is 18.6 Å². The minimum Gasteiger partial charge on any atom is -0.375 e. The zero-order chi connectivity index (χ0) is 8.27. The maximum absolute atomic E-state index is 10.8. The van der Waals surface area contributed by atoms with Crippen LogP contribution >= 0.6 is 0 Å². The van der Waals surface area contributed by atoms with Gasteiger partial charge in [0.15, 0.2) is 0 Å². The van der Waals surface area contributed by atoms with Gasteiger partial charge in [0.2, 0.25) is 5.78 Å².